The Bertz CT molecular complexity index is 547. The van der Waals surface area contributed by atoms with Gasteiger partial charge in [-0.15, -0.1) is 0 Å². The third kappa shape index (κ3) is 2.04. The van der Waals surface area contributed by atoms with Gasteiger partial charge in [0, 0.05) is 12.4 Å². The lowest BCUT2D eigenvalue weighted by Crippen LogP contribution is -2.10. The van der Waals surface area contributed by atoms with Gasteiger partial charge in [0.25, 0.3) is 0 Å². The smallest absolute Gasteiger partial charge is 0.354 e. The van der Waals surface area contributed by atoms with E-state index in [1.807, 2.05) is 13.8 Å². The summed E-state index contributed by atoms with van der Waals surface area (Å²) in [6.45, 7) is 3.91. The molecule has 2 heterocycles. The second kappa shape index (κ2) is 4.37. The molecule has 0 saturated carbocycles. The maximum absolute atomic E-state index is 11.0. The molecule has 2 rings (SSSR count). The Morgan fingerprint density at radius 3 is 2.82 bits per heavy atom. The van der Waals surface area contributed by atoms with Gasteiger partial charge in [-0.1, -0.05) is 6.92 Å². The van der Waals surface area contributed by atoms with E-state index in [2.05, 4.69) is 10.1 Å². The van der Waals surface area contributed by atoms with Gasteiger partial charge in [-0.3, -0.25) is 0 Å². The molecule has 0 aliphatic carbocycles. The van der Waals surface area contributed by atoms with Crippen LogP contribution in [0, 0.1) is 6.92 Å². The zero-order chi connectivity index (χ0) is 12.4. The molecular formula is C12H13N3O2. The van der Waals surface area contributed by atoms with E-state index in [0.717, 1.165) is 17.5 Å². The maximum atomic E-state index is 11.0. The number of carboxylic acid groups (broad SMARTS) is 1. The fraction of sp³-hybridized carbons (Fsp3) is 0.250. The largest absolute Gasteiger partial charge is 0.477 e. The summed E-state index contributed by atoms with van der Waals surface area (Å²) in [5.41, 5.74) is 1.99. The van der Waals surface area contributed by atoms with Crippen LogP contribution >= 0.6 is 0 Å². The fourth-order valence-corrected chi connectivity index (χ4v) is 1.74. The highest BCUT2D eigenvalue weighted by molar-refractivity contribution is 5.86. The molecule has 0 amide bonds. The lowest BCUT2D eigenvalue weighted by Gasteiger charge is -2.10. The third-order valence-corrected chi connectivity index (χ3v) is 2.68. The van der Waals surface area contributed by atoms with Crippen LogP contribution in [0.3, 0.4) is 0 Å². The van der Waals surface area contributed by atoms with Crippen molar-refractivity contribution in [1.82, 2.24) is 14.8 Å². The van der Waals surface area contributed by atoms with Gasteiger partial charge in [0.1, 0.15) is 0 Å². The summed E-state index contributed by atoms with van der Waals surface area (Å²) < 4.78 is 1.58. The summed E-state index contributed by atoms with van der Waals surface area (Å²) in [5.74, 6) is -0.445. The van der Waals surface area contributed by atoms with E-state index < -0.39 is 5.97 Å². The minimum Gasteiger partial charge on any atom is -0.477 e. The fourth-order valence-electron chi connectivity index (χ4n) is 1.74. The van der Waals surface area contributed by atoms with Crippen molar-refractivity contribution in [1.29, 1.82) is 0 Å². The normalized spacial score (nSPS) is 10.5. The Balaban J connectivity index is 2.65. The van der Waals surface area contributed by atoms with Crippen LogP contribution in [0.15, 0.2) is 24.5 Å². The molecular weight excluding hydrogens is 218 g/mol. The van der Waals surface area contributed by atoms with Crippen LogP contribution in [-0.4, -0.2) is 25.8 Å². The summed E-state index contributed by atoms with van der Waals surface area (Å²) in [6.07, 6.45) is 4.16. The average Bonchev–Trinajstić information content (AvgIpc) is 2.82. The second-order valence-corrected chi connectivity index (χ2v) is 3.72. The number of rotatable bonds is 3. The first-order valence-electron chi connectivity index (χ1n) is 5.37. The first-order chi connectivity index (χ1) is 8.13. The van der Waals surface area contributed by atoms with Gasteiger partial charge < -0.3 is 5.11 Å². The lowest BCUT2D eigenvalue weighted by molar-refractivity contribution is 0.0690. The number of pyridine rings is 1. The molecule has 0 unspecified atom stereocenters. The number of hydrogen-bond donors (Lipinski definition) is 1. The Kier molecular flexibility index (Phi) is 2.91. The third-order valence-electron chi connectivity index (χ3n) is 2.68. The number of carboxylic acids is 1. The lowest BCUT2D eigenvalue weighted by atomic mass is 10.1. The highest BCUT2D eigenvalue weighted by Crippen LogP contribution is 2.17. The highest BCUT2D eigenvalue weighted by Gasteiger charge is 2.13. The zero-order valence-corrected chi connectivity index (χ0v) is 9.71. The predicted molar refractivity (Wildman–Crippen MR) is 62.4 cm³/mol. The monoisotopic (exact) mass is 231 g/mol. The first kappa shape index (κ1) is 11.3. The molecule has 0 aliphatic rings. The van der Waals surface area contributed by atoms with Gasteiger partial charge in [0.05, 0.1) is 0 Å². The molecule has 1 N–H and O–H groups in total. The predicted octanol–water partition coefficient (Wildman–Crippen LogP) is 1.84. The quantitative estimate of drug-likeness (QED) is 0.875. The minimum absolute atomic E-state index is 0.0537. The van der Waals surface area contributed by atoms with Gasteiger partial charge in [0.2, 0.25) is 0 Å². The number of nitrogens with zero attached hydrogens (tertiary/aromatic N) is 3. The van der Waals surface area contributed by atoms with Crippen LogP contribution < -0.4 is 0 Å². The van der Waals surface area contributed by atoms with Crippen LogP contribution in [0.25, 0.3) is 5.82 Å². The van der Waals surface area contributed by atoms with E-state index in [4.69, 9.17) is 5.11 Å². The van der Waals surface area contributed by atoms with Crippen LogP contribution in [0.2, 0.25) is 0 Å². The molecule has 5 heteroatoms. The summed E-state index contributed by atoms with van der Waals surface area (Å²) in [4.78, 5) is 15.1. The van der Waals surface area contributed by atoms with Crippen molar-refractivity contribution in [3.8, 4) is 5.82 Å². The molecule has 2 aromatic rings. The molecule has 0 fully saturated rings. The summed E-state index contributed by atoms with van der Waals surface area (Å²) >= 11 is 0. The van der Waals surface area contributed by atoms with Crippen LogP contribution in [-0.2, 0) is 6.42 Å². The van der Waals surface area contributed by atoms with Gasteiger partial charge >= 0.3 is 5.97 Å². The summed E-state index contributed by atoms with van der Waals surface area (Å²) in [5, 5.41) is 13.1. The van der Waals surface area contributed by atoms with E-state index >= 15 is 0 Å². The number of aryl methyl sites for hydroxylation is 1. The molecule has 0 saturated heterocycles. The van der Waals surface area contributed by atoms with Gasteiger partial charge in [-0.2, -0.15) is 5.10 Å². The average molecular weight is 231 g/mol. The number of aromatic nitrogens is 3. The van der Waals surface area contributed by atoms with Crippen molar-refractivity contribution >= 4 is 5.97 Å². The van der Waals surface area contributed by atoms with Crippen molar-refractivity contribution < 1.29 is 9.90 Å². The summed E-state index contributed by atoms with van der Waals surface area (Å²) in [7, 11) is 0. The molecule has 5 nitrogen and oxygen atoms in total. The Hall–Kier alpha value is -2.17. The Morgan fingerprint density at radius 2 is 2.29 bits per heavy atom. The molecule has 0 atom stereocenters. The van der Waals surface area contributed by atoms with E-state index in [-0.39, 0.29) is 5.69 Å². The number of carbonyl (C=O) groups is 1. The standard InChI is InChI=1S/C12H13N3O2/c1-3-9-7-10(12(16)17)14-11(8(9)2)15-6-4-5-13-15/h4-7H,3H2,1-2H3,(H,16,17). The van der Waals surface area contributed by atoms with Gasteiger partial charge in [-0.05, 0) is 36.6 Å². The Labute approximate surface area is 98.7 Å². The molecule has 0 aromatic carbocycles. The van der Waals surface area contributed by atoms with Crippen LogP contribution in [0.5, 0.6) is 0 Å². The SMILES string of the molecule is CCc1cc(C(=O)O)nc(-n2cccn2)c1C. The van der Waals surface area contributed by atoms with E-state index in [9.17, 15) is 4.79 Å². The molecule has 0 aliphatic heterocycles. The molecule has 0 spiro atoms. The minimum atomic E-state index is -1.02. The van der Waals surface area contributed by atoms with Gasteiger partial charge in [-0.25, -0.2) is 14.5 Å². The maximum Gasteiger partial charge on any atom is 0.354 e. The number of aromatic carboxylic acids is 1. The van der Waals surface area contributed by atoms with Crippen LogP contribution in [0.1, 0.15) is 28.5 Å². The van der Waals surface area contributed by atoms with E-state index in [1.54, 1.807) is 29.2 Å². The van der Waals surface area contributed by atoms with Crippen LogP contribution in [0.4, 0.5) is 0 Å². The summed E-state index contributed by atoms with van der Waals surface area (Å²) in [6, 6.07) is 3.39. The Morgan fingerprint density at radius 1 is 1.53 bits per heavy atom. The molecule has 0 radical (unpaired) electrons. The van der Waals surface area contributed by atoms with Crippen molar-refractivity contribution in [2.75, 3.05) is 0 Å². The second-order valence-electron chi connectivity index (χ2n) is 3.72. The number of hydrogen-bond acceptors (Lipinski definition) is 3. The van der Waals surface area contributed by atoms with E-state index in [0.29, 0.717) is 5.82 Å². The topological polar surface area (TPSA) is 68.0 Å². The molecule has 2 aromatic heterocycles. The molecule has 17 heavy (non-hydrogen) atoms. The first-order valence-corrected chi connectivity index (χ1v) is 5.37. The van der Waals surface area contributed by atoms with E-state index in [1.165, 1.54) is 0 Å². The zero-order valence-electron chi connectivity index (χ0n) is 9.71. The van der Waals surface area contributed by atoms with Crippen molar-refractivity contribution in [3.05, 3.63) is 41.3 Å². The molecule has 88 valence electrons. The van der Waals surface area contributed by atoms with Crippen molar-refractivity contribution in [2.45, 2.75) is 20.3 Å². The highest BCUT2D eigenvalue weighted by atomic mass is 16.4. The van der Waals surface area contributed by atoms with Crippen molar-refractivity contribution in [3.63, 3.8) is 0 Å². The van der Waals surface area contributed by atoms with Crippen molar-refractivity contribution in [2.24, 2.45) is 0 Å². The van der Waals surface area contributed by atoms with Gasteiger partial charge in [0.15, 0.2) is 11.5 Å². The molecule has 0 bridgehead atoms.